The Bertz CT molecular complexity index is 326. The Morgan fingerprint density at radius 3 is 2.93 bits per heavy atom. The van der Waals surface area contributed by atoms with Crippen molar-refractivity contribution in [1.29, 1.82) is 0 Å². The minimum absolute atomic E-state index is 0.531. The first-order valence-electron chi connectivity index (χ1n) is 4.55. The molecular weight excluding hydrogens is 180 g/mol. The lowest BCUT2D eigenvalue weighted by Crippen LogP contribution is -2.28. The molecule has 0 saturated heterocycles. The van der Waals surface area contributed by atoms with Gasteiger partial charge >= 0.3 is 5.97 Å². The second-order valence-electron chi connectivity index (χ2n) is 3.13. The van der Waals surface area contributed by atoms with Crippen LogP contribution in [0.5, 0.6) is 0 Å². The van der Waals surface area contributed by atoms with Crippen LogP contribution in [0.4, 0.5) is 5.69 Å². The van der Waals surface area contributed by atoms with E-state index in [1.54, 1.807) is 12.3 Å². The number of nitrogens with zero attached hydrogens (tertiary/aromatic N) is 1. The van der Waals surface area contributed by atoms with Crippen LogP contribution < -0.4 is 5.32 Å². The molecule has 1 unspecified atom stereocenters. The molecule has 76 valence electrons. The van der Waals surface area contributed by atoms with Gasteiger partial charge in [0.15, 0.2) is 0 Å². The third-order valence-electron chi connectivity index (χ3n) is 1.94. The van der Waals surface area contributed by atoms with E-state index < -0.39 is 12.0 Å². The molecule has 0 saturated carbocycles. The first-order valence-corrected chi connectivity index (χ1v) is 4.55. The lowest BCUT2D eigenvalue weighted by molar-refractivity contribution is -0.137. The van der Waals surface area contributed by atoms with Gasteiger partial charge in [-0.15, -0.1) is 0 Å². The van der Waals surface area contributed by atoms with E-state index >= 15 is 0 Å². The van der Waals surface area contributed by atoms with Crippen LogP contribution in [-0.2, 0) is 4.79 Å². The van der Waals surface area contributed by atoms with E-state index in [9.17, 15) is 4.79 Å². The zero-order valence-corrected chi connectivity index (χ0v) is 8.32. The van der Waals surface area contributed by atoms with E-state index in [2.05, 4.69) is 10.3 Å². The Labute approximate surface area is 83.0 Å². The molecular formula is C10H14N2O2. The second kappa shape index (κ2) is 4.60. The Morgan fingerprint density at radius 1 is 1.71 bits per heavy atom. The van der Waals surface area contributed by atoms with Crippen molar-refractivity contribution >= 4 is 11.7 Å². The third kappa shape index (κ3) is 2.73. The van der Waals surface area contributed by atoms with E-state index in [0.717, 1.165) is 11.4 Å². The third-order valence-corrected chi connectivity index (χ3v) is 1.94. The van der Waals surface area contributed by atoms with E-state index in [4.69, 9.17) is 5.11 Å². The van der Waals surface area contributed by atoms with Crippen molar-refractivity contribution in [2.75, 3.05) is 5.32 Å². The predicted octanol–water partition coefficient (Wildman–Crippen LogP) is 1.67. The topological polar surface area (TPSA) is 62.2 Å². The zero-order valence-electron chi connectivity index (χ0n) is 8.32. The zero-order chi connectivity index (χ0) is 10.6. The van der Waals surface area contributed by atoms with E-state index in [0.29, 0.717) is 6.42 Å². The molecule has 0 spiro atoms. The highest BCUT2D eigenvalue weighted by atomic mass is 16.4. The summed E-state index contributed by atoms with van der Waals surface area (Å²) in [5.41, 5.74) is 1.67. The Hall–Kier alpha value is -1.58. The van der Waals surface area contributed by atoms with Crippen LogP contribution in [0.1, 0.15) is 19.0 Å². The van der Waals surface area contributed by atoms with E-state index in [1.165, 1.54) is 0 Å². The first-order chi connectivity index (χ1) is 6.63. The molecule has 0 bridgehead atoms. The molecule has 0 amide bonds. The number of aryl methyl sites for hydroxylation is 1. The maximum atomic E-state index is 10.7. The van der Waals surface area contributed by atoms with E-state index in [1.807, 2.05) is 19.9 Å². The van der Waals surface area contributed by atoms with E-state index in [-0.39, 0.29) is 0 Å². The Morgan fingerprint density at radius 2 is 2.43 bits per heavy atom. The van der Waals surface area contributed by atoms with Crippen molar-refractivity contribution in [1.82, 2.24) is 4.98 Å². The van der Waals surface area contributed by atoms with Crippen LogP contribution in [-0.4, -0.2) is 22.1 Å². The van der Waals surface area contributed by atoms with Crippen LogP contribution in [0, 0.1) is 6.92 Å². The lowest BCUT2D eigenvalue weighted by atomic mass is 10.2. The summed E-state index contributed by atoms with van der Waals surface area (Å²) in [6.45, 7) is 3.70. The Balaban J connectivity index is 2.72. The van der Waals surface area contributed by atoms with Gasteiger partial charge in [0.05, 0.1) is 0 Å². The Kier molecular flexibility index (Phi) is 3.45. The fraction of sp³-hybridized carbons (Fsp3) is 0.400. The van der Waals surface area contributed by atoms with Gasteiger partial charge in [0.25, 0.3) is 0 Å². The average molecular weight is 194 g/mol. The summed E-state index contributed by atoms with van der Waals surface area (Å²) in [5, 5.41) is 11.8. The van der Waals surface area contributed by atoms with Gasteiger partial charge in [-0.25, -0.2) is 4.79 Å². The molecule has 0 aliphatic carbocycles. The van der Waals surface area contributed by atoms with Crippen LogP contribution in [0.25, 0.3) is 0 Å². The normalized spacial score (nSPS) is 12.1. The van der Waals surface area contributed by atoms with Gasteiger partial charge < -0.3 is 10.4 Å². The highest BCUT2D eigenvalue weighted by Crippen LogP contribution is 2.10. The van der Waals surface area contributed by atoms with Crippen molar-refractivity contribution in [3.8, 4) is 0 Å². The number of carboxylic acids is 1. The maximum Gasteiger partial charge on any atom is 0.326 e. The van der Waals surface area contributed by atoms with Crippen molar-refractivity contribution in [2.45, 2.75) is 26.3 Å². The number of anilines is 1. The number of carboxylic acid groups (broad SMARTS) is 1. The standard InChI is InChI=1S/C10H14N2O2/c1-3-9(10(13)14)12-8-4-5-11-7(2)6-8/h4-6,9H,3H2,1-2H3,(H,11,12)(H,13,14). The molecule has 0 radical (unpaired) electrons. The fourth-order valence-corrected chi connectivity index (χ4v) is 1.17. The van der Waals surface area contributed by atoms with Crippen molar-refractivity contribution in [2.24, 2.45) is 0 Å². The maximum absolute atomic E-state index is 10.7. The molecule has 1 rings (SSSR count). The summed E-state index contributed by atoms with van der Waals surface area (Å²) >= 11 is 0. The molecule has 1 aromatic rings. The highest BCUT2D eigenvalue weighted by molar-refractivity contribution is 5.77. The molecule has 1 aromatic heterocycles. The monoisotopic (exact) mass is 194 g/mol. The number of carbonyl (C=O) groups is 1. The number of pyridine rings is 1. The number of hydrogen-bond acceptors (Lipinski definition) is 3. The van der Waals surface area contributed by atoms with Crippen LogP contribution >= 0.6 is 0 Å². The number of aliphatic carboxylic acids is 1. The lowest BCUT2D eigenvalue weighted by Gasteiger charge is -2.13. The first kappa shape index (κ1) is 10.5. The summed E-state index contributed by atoms with van der Waals surface area (Å²) in [4.78, 5) is 14.8. The molecule has 0 aliphatic rings. The van der Waals surface area contributed by atoms with Gasteiger partial charge in [-0.05, 0) is 25.5 Å². The quantitative estimate of drug-likeness (QED) is 0.765. The van der Waals surface area contributed by atoms with Gasteiger partial charge in [-0.1, -0.05) is 6.92 Å². The summed E-state index contributed by atoms with van der Waals surface area (Å²) in [7, 11) is 0. The van der Waals surface area contributed by atoms with Crippen molar-refractivity contribution < 1.29 is 9.90 Å². The predicted molar refractivity (Wildman–Crippen MR) is 54.3 cm³/mol. The molecule has 14 heavy (non-hydrogen) atoms. The van der Waals surface area contributed by atoms with Gasteiger partial charge in [-0.3, -0.25) is 4.98 Å². The van der Waals surface area contributed by atoms with Crippen LogP contribution in [0.3, 0.4) is 0 Å². The minimum atomic E-state index is -0.832. The largest absolute Gasteiger partial charge is 0.480 e. The van der Waals surface area contributed by atoms with Gasteiger partial charge in [0.1, 0.15) is 6.04 Å². The second-order valence-corrected chi connectivity index (χ2v) is 3.13. The molecule has 1 heterocycles. The van der Waals surface area contributed by atoms with Gasteiger partial charge in [-0.2, -0.15) is 0 Å². The molecule has 2 N–H and O–H groups in total. The molecule has 0 aliphatic heterocycles. The average Bonchev–Trinajstić information content (AvgIpc) is 2.14. The fourth-order valence-electron chi connectivity index (χ4n) is 1.17. The van der Waals surface area contributed by atoms with Gasteiger partial charge in [0.2, 0.25) is 0 Å². The molecule has 0 aromatic carbocycles. The molecule has 0 fully saturated rings. The number of hydrogen-bond donors (Lipinski definition) is 2. The summed E-state index contributed by atoms with van der Waals surface area (Å²) < 4.78 is 0. The van der Waals surface area contributed by atoms with Crippen LogP contribution in [0.15, 0.2) is 18.3 Å². The van der Waals surface area contributed by atoms with Crippen molar-refractivity contribution in [3.63, 3.8) is 0 Å². The molecule has 4 nitrogen and oxygen atoms in total. The highest BCUT2D eigenvalue weighted by Gasteiger charge is 2.13. The number of aromatic nitrogens is 1. The smallest absolute Gasteiger partial charge is 0.326 e. The summed E-state index contributed by atoms with van der Waals surface area (Å²) in [6.07, 6.45) is 2.21. The molecule has 4 heteroatoms. The number of nitrogens with one attached hydrogen (secondary N) is 1. The van der Waals surface area contributed by atoms with Crippen molar-refractivity contribution in [3.05, 3.63) is 24.0 Å². The number of rotatable bonds is 4. The summed E-state index contributed by atoms with van der Waals surface area (Å²) in [6, 6.07) is 3.06. The van der Waals surface area contributed by atoms with Gasteiger partial charge in [0, 0.05) is 17.6 Å². The molecule has 1 atom stereocenters. The SMILES string of the molecule is CCC(Nc1ccnc(C)c1)C(=O)O. The van der Waals surface area contributed by atoms with Crippen LogP contribution in [0.2, 0.25) is 0 Å². The minimum Gasteiger partial charge on any atom is -0.480 e. The summed E-state index contributed by atoms with van der Waals surface area (Å²) in [5.74, 6) is -0.832.